The second kappa shape index (κ2) is 8.31. The molecule has 1 aromatic carbocycles. The maximum atomic E-state index is 12.1. The second-order valence-electron chi connectivity index (χ2n) is 6.70. The minimum absolute atomic E-state index is 0.153. The van der Waals surface area contributed by atoms with Gasteiger partial charge < -0.3 is 24.8 Å². The maximum Gasteiger partial charge on any atom is 0.319 e. The zero-order valence-electron chi connectivity index (χ0n) is 15.0. The largest absolute Gasteiger partial charge is 0.385 e. The lowest BCUT2D eigenvalue weighted by Gasteiger charge is -2.16. The molecule has 0 spiro atoms. The van der Waals surface area contributed by atoms with Crippen LogP contribution in [0.3, 0.4) is 0 Å². The van der Waals surface area contributed by atoms with Crippen molar-refractivity contribution in [3.8, 4) is 0 Å². The van der Waals surface area contributed by atoms with Gasteiger partial charge in [-0.15, -0.1) is 0 Å². The molecule has 2 aromatic rings. The highest BCUT2D eigenvalue weighted by molar-refractivity contribution is 5.91. The maximum absolute atomic E-state index is 12.1. The van der Waals surface area contributed by atoms with E-state index < -0.39 is 0 Å². The molecule has 1 saturated heterocycles. The van der Waals surface area contributed by atoms with Crippen molar-refractivity contribution < 1.29 is 9.53 Å². The number of aromatic nitrogens is 2. The highest BCUT2D eigenvalue weighted by Crippen LogP contribution is 2.18. The van der Waals surface area contributed by atoms with Crippen molar-refractivity contribution in [2.75, 3.05) is 45.2 Å². The predicted molar refractivity (Wildman–Crippen MR) is 98.8 cm³/mol. The third-order valence-electron chi connectivity index (χ3n) is 4.73. The van der Waals surface area contributed by atoms with Crippen LogP contribution in [0.4, 0.5) is 10.5 Å². The summed E-state index contributed by atoms with van der Waals surface area (Å²) in [6.45, 7) is 4.74. The summed E-state index contributed by atoms with van der Waals surface area (Å²) < 4.78 is 7.04. The van der Waals surface area contributed by atoms with Gasteiger partial charge in [-0.25, -0.2) is 9.78 Å². The fraction of sp³-hybridized carbons (Fsp3) is 0.556. The van der Waals surface area contributed by atoms with Crippen molar-refractivity contribution in [3.63, 3.8) is 0 Å². The molecular formula is C18H27N5O2. The van der Waals surface area contributed by atoms with Crippen LogP contribution in [0.25, 0.3) is 11.0 Å². The van der Waals surface area contributed by atoms with E-state index in [1.807, 2.05) is 29.8 Å². The van der Waals surface area contributed by atoms with Gasteiger partial charge in [-0.3, -0.25) is 0 Å². The van der Waals surface area contributed by atoms with Crippen LogP contribution in [0.1, 0.15) is 12.8 Å². The van der Waals surface area contributed by atoms with E-state index >= 15 is 0 Å². The molecule has 1 aliphatic heterocycles. The van der Waals surface area contributed by atoms with Crippen LogP contribution in [0, 0.1) is 5.92 Å². The van der Waals surface area contributed by atoms with E-state index in [0.29, 0.717) is 12.5 Å². The molecule has 1 aliphatic rings. The summed E-state index contributed by atoms with van der Waals surface area (Å²) in [7, 11) is 3.68. The molecule has 0 unspecified atom stereocenters. The summed E-state index contributed by atoms with van der Waals surface area (Å²) in [4.78, 5) is 18.9. The molecule has 7 heteroatoms. The number of nitrogens with one attached hydrogen (secondary N) is 2. The average molecular weight is 345 g/mol. The smallest absolute Gasteiger partial charge is 0.319 e. The van der Waals surface area contributed by atoms with Gasteiger partial charge in [-0.1, -0.05) is 0 Å². The summed E-state index contributed by atoms with van der Waals surface area (Å²) in [6, 6.07) is 5.58. The Labute approximate surface area is 148 Å². The summed E-state index contributed by atoms with van der Waals surface area (Å²) in [5.74, 6) is 0.521. The molecule has 25 heavy (non-hydrogen) atoms. The number of hydrogen-bond donors (Lipinski definition) is 2. The molecule has 2 N–H and O–H groups in total. The molecule has 3 rings (SSSR count). The number of hydrogen-bond acceptors (Lipinski definition) is 4. The SMILES string of the molecule is COCCCN1CC[C@@H](CNC(=O)Nc2ccc3ncn(C)c3c2)C1. The third-order valence-corrected chi connectivity index (χ3v) is 4.73. The Balaban J connectivity index is 1.42. The van der Waals surface area contributed by atoms with Gasteiger partial charge in [0.25, 0.3) is 0 Å². The van der Waals surface area contributed by atoms with Gasteiger partial charge in [0.2, 0.25) is 0 Å². The number of carbonyl (C=O) groups excluding carboxylic acids is 1. The van der Waals surface area contributed by atoms with Crippen LogP contribution in [-0.2, 0) is 11.8 Å². The van der Waals surface area contributed by atoms with E-state index in [1.54, 1.807) is 13.4 Å². The number of rotatable bonds is 7. The van der Waals surface area contributed by atoms with Crippen molar-refractivity contribution in [1.29, 1.82) is 0 Å². The van der Waals surface area contributed by atoms with Gasteiger partial charge in [-0.05, 0) is 43.5 Å². The molecule has 0 saturated carbocycles. The van der Waals surface area contributed by atoms with E-state index in [9.17, 15) is 4.79 Å². The van der Waals surface area contributed by atoms with Gasteiger partial charge in [-0.2, -0.15) is 0 Å². The highest BCUT2D eigenvalue weighted by atomic mass is 16.5. The summed E-state index contributed by atoms with van der Waals surface area (Å²) in [5.41, 5.74) is 2.70. The van der Waals surface area contributed by atoms with Gasteiger partial charge in [0, 0.05) is 46.1 Å². The van der Waals surface area contributed by atoms with Crippen molar-refractivity contribution >= 4 is 22.8 Å². The van der Waals surface area contributed by atoms with Crippen LogP contribution in [0.5, 0.6) is 0 Å². The first kappa shape index (κ1) is 17.7. The lowest BCUT2D eigenvalue weighted by atomic mass is 10.1. The van der Waals surface area contributed by atoms with Crippen molar-refractivity contribution in [2.45, 2.75) is 12.8 Å². The number of methoxy groups -OCH3 is 1. The minimum Gasteiger partial charge on any atom is -0.385 e. The van der Waals surface area contributed by atoms with Crippen LogP contribution < -0.4 is 10.6 Å². The standard InChI is InChI=1S/C18H27N5O2/c1-22-13-20-16-5-4-15(10-17(16)22)21-18(24)19-11-14-6-8-23(12-14)7-3-9-25-2/h4-5,10,13-14H,3,6-9,11-12H2,1-2H3,(H2,19,21,24)/t14-/m0/s1. The van der Waals surface area contributed by atoms with E-state index in [2.05, 4.69) is 20.5 Å². The van der Waals surface area contributed by atoms with Crippen LogP contribution in [-0.4, -0.2) is 60.4 Å². The third kappa shape index (κ3) is 4.70. The first-order chi connectivity index (χ1) is 12.2. The Morgan fingerprint density at radius 3 is 3.16 bits per heavy atom. The average Bonchev–Trinajstić information content (AvgIpc) is 3.21. The number of imidazole rings is 1. The number of likely N-dealkylation sites (tertiary alicyclic amines) is 1. The Bertz CT molecular complexity index is 715. The predicted octanol–water partition coefficient (Wildman–Crippen LogP) is 2.05. The summed E-state index contributed by atoms with van der Waals surface area (Å²) >= 11 is 0. The van der Waals surface area contributed by atoms with Gasteiger partial charge >= 0.3 is 6.03 Å². The molecule has 7 nitrogen and oxygen atoms in total. The highest BCUT2D eigenvalue weighted by Gasteiger charge is 2.22. The molecule has 1 atom stereocenters. The van der Waals surface area contributed by atoms with E-state index in [1.165, 1.54) is 0 Å². The van der Waals surface area contributed by atoms with Crippen molar-refractivity contribution in [3.05, 3.63) is 24.5 Å². The number of urea groups is 1. The molecule has 0 radical (unpaired) electrons. The summed E-state index contributed by atoms with van der Waals surface area (Å²) in [6.07, 6.45) is 3.97. The van der Waals surface area contributed by atoms with E-state index in [-0.39, 0.29) is 6.03 Å². The van der Waals surface area contributed by atoms with E-state index in [0.717, 1.165) is 55.8 Å². The van der Waals surface area contributed by atoms with Crippen LogP contribution in [0.2, 0.25) is 0 Å². The molecule has 2 heterocycles. The van der Waals surface area contributed by atoms with Crippen LogP contribution in [0.15, 0.2) is 24.5 Å². The first-order valence-electron chi connectivity index (χ1n) is 8.83. The Morgan fingerprint density at radius 2 is 2.32 bits per heavy atom. The number of fused-ring (bicyclic) bond motifs is 1. The minimum atomic E-state index is -0.153. The Hall–Kier alpha value is -2.12. The van der Waals surface area contributed by atoms with E-state index in [4.69, 9.17) is 4.74 Å². The number of carbonyl (C=O) groups is 1. The molecule has 0 aliphatic carbocycles. The van der Waals surface area contributed by atoms with Gasteiger partial charge in [0.15, 0.2) is 0 Å². The number of amides is 2. The first-order valence-corrected chi connectivity index (χ1v) is 8.83. The molecule has 136 valence electrons. The van der Waals surface area contributed by atoms with Gasteiger partial charge in [0.1, 0.15) is 0 Å². The molecule has 2 amide bonds. The molecule has 0 bridgehead atoms. The van der Waals surface area contributed by atoms with Gasteiger partial charge in [0.05, 0.1) is 17.4 Å². The Morgan fingerprint density at radius 1 is 1.44 bits per heavy atom. The van der Waals surface area contributed by atoms with Crippen LogP contribution >= 0.6 is 0 Å². The second-order valence-corrected chi connectivity index (χ2v) is 6.70. The molecular weight excluding hydrogens is 318 g/mol. The van der Waals surface area contributed by atoms with Crippen molar-refractivity contribution in [2.24, 2.45) is 13.0 Å². The number of aryl methyl sites for hydroxylation is 1. The fourth-order valence-electron chi connectivity index (χ4n) is 3.33. The lowest BCUT2D eigenvalue weighted by Crippen LogP contribution is -2.34. The molecule has 1 aromatic heterocycles. The number of anilines is 1. The quantitative estimate of drug-likeness (QED) is 0.754. The molecule has 1 fully saturated rings. The topological polar surface area (TPSA) is 71.4 Å². The number of ether oxygens (including phenoxy) is 1. The van der Waals surface area contributed by atoms with Crippen molar-refractivity contribution in [1.82, 2.24) is 19.8 Å². The summed E-state index contributed by atoms with van der Waals surface area (Å²) in [5, 5.41) is 5.90. The monoisotopic (exact) mass is 345 g/mol. The number of nitrogens with zero attached hydrogens (tertiary/aromatic N) is 3. The zero-order chi connectivity index (χ0) is 17.6. The lowest BCUT2D eigenvalue weighted by molar-refractivity contribution is 0.178. The fourth-order valence-corrected chi connectivity index (χ4v) is 3.33. The Kier molecular flexibility index (Phi) is 5.88. The normalized spacial score (nSPS) is 17.9. The zero-order valence-corrected chi connectivity index (χ0v) is 15.0. The number of benzene rings is 1.